The Balaban J connectivity index is 2.29. The second-order valence-corrected chi connectivity index (χ2v) is 7.01. The van der Waals surface area contributed by atoms with Gasteiger partial charge in [-0.3, -0.25) is 0 Å². The molecule has 4 heteroatoms. The van der Waals surface area contributed by atoms with Crippen LogP contribution < -0.4 is 5.32 Å². The highest BCUT2D eigenvalue weighted by Gasteiger charge is 2.18. The number of hydrogen-bond donors (Lipinski definition) is 1. The van der Waals surface area contributed by atoms with Gasteiger partial charge in [0.15, 0.2) is 0 Å². The number of rotatable bonds is 6. The van der Waals surface area contributed by atoms with Gasteiger partial charge in [0.2, 0.25) is 0 Å². The van der Waals surface area contributed by atoms with E-state index in [0.717, 1.165) is 24.0 Å². The molecule has 92 valence electrons. The normalized spacial score (nSPS) is 12.4. The van der Waals surface area contributed by atoms with Crippen molar-refractivity contribution in [1.29, 1.82) is 0 Å². The summed E-state index contributed by atoms with van der Waals surface area (Å²) in [4.78, 5) is 3.52. The van der Waals surface area contributed by atoms with Gasteiger partial charge in [-0.25, -0.2) is 0 Å². The molecule has 1 aromatic rings. The van der Waals surface area contributed by atoms with Gasteiger partial charge in [-0.1, -0.05) is 25.4 Å². The molecule has 0 spiro atoms. The maximum atomic E-state index is 5.88. The number of nitrogens with one attached hydrogen (secondary N) is 1. The van der Waals surface area contributed by atoms with Crippen LogP contribution in [0.4, 0.5) is 0 Å². The van der Waals surface area contributed by atoms with Crippen molar-refractivity contribution in [1.82, 2.24) is 10.2 Å². The standard InChI is InChI=1S/C12H21ClN2S/c1-12(2,9-15(3)4)8-14-7-10-5-6-11(13)16-10/h5-6,14H,7-9H2,1-4H3. The van der Waals surface area contributed by atoms with E-state index in [-0.39, 0.29) is 0 Å². The first kappa shape index (κ1) is 14.0. The summed E-state index contributed by atoms with van der Waals surface area (Å²) in [6, 6.07) is 4.03. The SMILES string of the molecule is CN(C)CC(C)(C)CNCc1ccc(Cl)s1. The topological polar surface area (TPSA) is 15.3 Å². The fourth-order valence-corrected chi connectivity index (χ4v) is 2.94. The summed E-state index contributed by atoms with van der Waals surface area (Å²) in [5.74, 6) is 0. The zero-order chi connectivity index (χ0) is 12.2. The molecule has 2 nitrogen and oxygen atoms in total. The third-order valence-electron chi connectivity index (χ3n) is 2.28. The van der Waals surface area contributed by atoms with Gasteiger partial charge in [0.25, 0.3) is 0 Å². The fourth-order valence-electron chi connectivity index (χ4n) is 1.88. The zero-order valence-corrected chi connectivity index (χ0v) is 12.1. The summed E-state index contributed by atoms with van der Waals surface area (Å²) in [6.45, 7) is 7.57. The first-order valence-corrected chi connectivity index (χ1v) is 6.68. The highest BCUT2D eigenvalue weighted by molar-refractivity contribution is 7.16. The molecule has 0 aliphatic heterocycles. The summed E-state index contributed by atoms with van der Waals surface area (Å²) in [5, 5.41) is 3.49. The van der Waals surface area contributed by atoms with Crippen molar-refractivity contribution in [3.8, 4) is 0 Å². The van der Waals surface area contributed by atoms with Gasteiger partial charge in [-0.2, -0.15) is 0 Å². The van der Waals surface area contributed by atoms with Gasteiger partial charge in [0.1, 0.15) is 0 Å². The van der Waals surface area contributed by atoms with Crippen LogP contribution in [0.25, 0.3) is 0 Å². The molecule has 1 heterocycles. The molecule has 0 unspecified atom stereocenters. The van der Waals surface area contributed by atoms with Crippen LogP contribution in [0.1, 0.15) is 18.7 Å². The maximum Gasteiger partial charge on any atom is 0.0931 e. The van der Waals surface area contributed by atoms with Crippen LogP contribution in [-0.2, 0) is 6.54 Å². The van der Waals surface area contributed by atoms with Crippen LogP contribution >= 0.6 is 22.9 Å². The van der Waals surface area contributed by atoms with E-state index in [2.05, 4.69) is 44.2 Å². The lowest BCUT2D eigenvalue weighted by atomic mass is 9.93. The molecular weight excluding hydrogens is 240 g/mol. The molecule has 0 radical (unpaired) electrons. The summed E-state index contributed by atoms with van der Waals surface area (Å²) < 4.78 is 0.865. The van der Waals surface area contributed by atoms with Crippen molar-refractivity contribution in [3.63, 3.8) is 0 Å². The number of halogens is 1. The second kappa shape index (κ2) is 6.01. The molecule has 0 bridgehead atoms. The molecule has 0 aliphatic rings. The number of thiophene rings is 1. The van der Waals surface area contributed by atoms with Gasteiger partial charge >= 0.3 is 0 Å². The van der Waals surface area contributed by atoms with Crippen LogP contribution in [0.2, 0.25) is 4.34 Å². The van der Waals surface area contributed by atoms with Crippen molar-refractivity contribution in [2.45, 2.75) is 20.4 Å². The van der Waals surface area contributed by atoms with E-state index < -0.39 is 0 Å². The molecule has 1 rings (SSSR count). The van der Waals surface area contributed by atoms with Gasteiger partial charge in [0, 0.05) is 24.5 Å². The van der Waals surface area contributed by atoms with E-state index in [4.69, 9.17) is 11.6 Å². The Hall–Kier alpha value is -0.0900. The van der Waals surface area contributed by atoms with Crippen LogP contribution in [0.15, 0.2) is 12.1 Å². The molecular formula is C12H21ClN2S. The van der Waals surface area contributed by atoms with Crippen LogP contribution in [-0.4, -0.2) is 32.1 Å². The highest BCUT2D eigenvalue weighted by Crippen LogP contribution is 2.21. The van der Waals surface area contributed by atoms with Crippen LogP contribution in [0.3, 0.4) is 0 Å². The largest absolute Gasteiger partial charge is 0.311 e. The average Bonchev–Trinajstić information content (AvgIpc) is 2.48. The minimum atomic E-state index is 0.296. The lowest BCUT2D eigenvalue weighted by Gasteiger charge is -2.28. The molecule has 1 aromatic heterocycles. The molecule has 0 atom stereocenters. The minimum absolute atomic E-state index is 0.296. The monoisotopic (exact) mass is 260 g/mol. The second-order valence-electron chi connectivity index (χ2n) is 5.21. The third-order valence-corrected chi connectivity index (χ3v) is 3.51. The Bertz CT molecular complexity index is 321. The molecule has 0 amide bonds. The van der Waals surface area contributed by atoms with Gasteiger partial charge < -0.3 is 10.2 Å². The smallest absolute Gasteiger partial charge is 0.0931 e. The predicted octanol–water partition coefficient (Wildman–Crippen LogP) is 3.08. The molecule has 0 aromatic carbocycles. The summed E-state index contributed by atoms with van der Waals surface area (Å²) >= 11 is 7.53. The Morgan fingerprint density at radius 1 is 1.38 bits per heavy atom. The first-order chi connectivity index (χ1) is 7.39. The van der Waals surface area contributed by atoms with Crippen molar-refractivity contribution in [2.75, 3.05) is 27.2 Å². The van der Waals surface area contributed by atoms with Gasteiger partial charge in [-0.05, 0) is 31.6 Å². The Labute approximate surface area is 108 Å². The Morgan fingerprint density at radius 3 is 2.56 bits per heavy atom. The maximum absolute atomic E-state index is 5.88. The van der Waals surface area contributed by atoms with Crippen molar-refractivity contribution >= 4 is 22.9 Å². The van der Waals surface area contributed by atoms with Crippen molar-refractivity contribution in [3.05, 3.63) is 21.3 Å². The van der Waals surface area contributed by atoms with Gasteiger partial charge in [-0.15, -0.1) is 11.3 Å². The van der Waals surface area contributed by atoms with E-state index in [1.807, 2.05) is 6.07 Å². The molecule has 0 saturated carbocycles. The minimum Gasteiger partial charge on any atom is -0.311 e. The molecule has 1 N–H and O–H groups in total. The van der Waals surface area contributed by atoms with E-state index in [1.165, 1.54) is 4.88 Å². The third kappa shape index (κ3) is 5.30. The van der Waals surface area contributed by atoms with E-state index in [1.54, 1.807) is 11.3 Å². The molecule has 0 aliphatic carbocycles. The quantitative estimate of drug-likeness (QED) is 0.846. The van der Waals surface area contributed by atoms with Gasteiger partial charge in [0.05, 0.1) is 4.34 Å². The fraction of sp³-hybridized carbons (Fsp3) is 0.667. The molecule has 16 heavy (non-hydrogen) atoms. The highest BCUT2D eigenvalue weighted by atomic mass is 35.5. The molecule has 0 saturated heterocycles. The Kier molecular flexibility index (Phi) is 5.25. The summed E-state index contributed by atoms with van der Waals surface area (Å²) in [5.41, 5.74) is 0.296. The zero-order valence-electron chi connectivity index (χ0n) is 10.5. The van der Waals surface area contributed by atoms with Crippen LogP contribution in [0, 0.1) is 5.41 Å². The van der Waals surface area contributed by atoms with Crippen molar-refractivity contribution in [2.24, 2.45) is 5.41 Å². The van der Waals surface area contributed by atoms with Crippen LogP contribution in [0.5, 0.6) is 0 Å². The lowest BCUT2D eigenvalue weighted by Crippen LogP contribution is -2.37. The summed E-state index contributed by atoms with van der Waals surface area (Å²) in [6.07, 6.45) is 0. The molecule has 0 fully saturated rings. The van der Waals surface area contributed by atoms with E-state index in [0.29, 0.717) is 5.41 Å². The Morgan fingerprint density at radius 2 is 2.06 bits per heavy atom. The summed E-state index contributed by atoms with van der Waals surface area (Å²) in [7, 11) is 4.22. The number of hydrogen-bond acceptors (Lipinski definition) is 3. The predicted molar refractivity (Wildman–Crippen MR) is 73.4 cm³/mol. The number of nitrogens with zero attached hydrogens (tertiary/aromatic N) is 1. The first-order valence-electron chi connectivity index (χ1n) is 5.49. The van der Waals surface area contributed by atoms with E-state index in [9.17, 15) is 0 Å². The average molecular weight is 261 g/mol. The van der Waals surface area contributed by atoms with E-state index >= 15 is 0 Å². The lowest BCUT2D eigenvalue weighted by molar-refractivity contribution is 0.232. The van der Waals surface area contributed by atoms with Crippen molar-refractivity contribution < 1.29 is 0 Å².